The number of amides is 2. The van der Waals surface area contributed by atoms with E-state index in [0.29, 0.717) is 27.9 Å². The highest BCUT2D eigenvalue weighted by Gasteiger charge is 2.24. The summed E-state index contributed by atoms with van der Waals surface area (Å²) < 4.78 is 0. The largest absolute Gasteiger partial charge is 0.393 e. The van der Waals surface area contributed by atoms with Crippen molar-refractivity contribution in [2.75, 3.05) is 23.3 Å². The van der Waals surface area contributed by atoms with Gasteiger partial charge in [-0.15, -0.1) is 0 Å². The van der Waals surface area contributed by atoms with Gasteiger partial charge in [-0.2, -0.15) is 0 Å². The zero-order chi connectivity index (χ0) is 25.1. The molecule has 3 N–H and O–H groups in total. The molecule has 7 heteroatoms. The van der Waals surface area contributed by atoms with Crippen molar-refractivity contribution in [2.24, 2.45) is 0 Å². The Balaban J connectivity index is 1.17. The van der Waals surface area contributed by atoms with Gasteiger partial charge in [0.1, 0.15) is 0 Å². The van der Waals surface area contributed by atoms with E-state index in [0.717, 1.165) is 44.5 Å². The molecule has 36 heavy (non-hydrogen) atoms. The molecule has 0 radical (unpaired) electrons. The number of aliphatic hydroxyl groups is 1. The van der Waals surface area contributed by atoms with Crippen molar-refractivity contribution in [3.63, 3.8) is 0 Å². The van der Waals surface area contributed by atoms with E-state index >= 15 is 0 Å². The van der Waals surface area contributed by atoms with Crippen molar-refractivity contribution in [1.82, 2.24) is 5.32 Å². The van der Waals surface area contributed by atoms with Gasteiger partial charge in [-0.25, -0.2) is 0 Å². The van der Waals surface area contributed by atoms with Crippen molar-refractivity contribution in [3.8, 4) is 0 Å². The van der Waals surface area contributed by atoms with Crippen molar-refractivity contribution in [3.05, 3.63) is 95.1 Å². The Morgan fingerprint density at radius 3 is 1.75 bits per heavy atom. The van der Waals surface area contributed by atoms with Crippen molar-refractivity contribution >= 4 is 29.0 Å². The molecular formula is C29H29N3O4. The van der Waals surface area contributed by atoms with Crippen LogP contribution in [-0.2, 0) is 0 Å². The fourth-order valence-corrected chi connectivity index (χ4v) is 4.29. The number of hydrogen-bond donors (Lipinski definition) is 3. The third-order valence-corrected chi connectivity index (χ3v) is 6.69. The number of ketones is 1. The van der Waals surface area contributed by atoms with Gasteiger partial charge in [0.05, 0.1) is 6.10 Å². The number of nitrogens with one attached hydrogen (secondary N) is 2. The van der Waals surface area contributed by atoms with Crippen LogP contribution in [0.3, 0.4) is 0 Å². The number of benzene rings is 3. The van der Waals surface area contributed by atoms with E-state index in [1.165, 1.54) is 0 Å². The molecule has 3 aromatic carbocycles. The minimum absolute atomic E-state index is 0.113. The summed E-state index contributed by atoms with van der Waals surface area (Å²) in [5.41, 5.74) is 3.72. The fourth-order valence-electron chi connectivity index (χ4n) is 4.29. The molecule has 2 aliphatic rings. The van der Waals surface area contributed by atoms with Gasteiger partial charge in [-0.1, -0.05) is 12.1 Å². The van der Waals surface area contributed by atoms with Gasteiger partial charge in [-0.05, 0) is 86.3 Å². The van der Waals surface area contributed by atoms with E-state index in [-0.39, 0.29) is 29.7 Å². The molecular weight excluding hydrogens is 454 g/mol. The highest BCUT2D eigenvalue weighted by molar-refractivity contribution is 6.10. The summed E-state index contributed by atoms with van der Waals surface area (Å²) in [6.07, 6.45) is 3.33. The van der Waals surface area contributed by atoms with Crippen LogP contribution in [0.2, 0.25) is 0 Å². The Bertz CT molecular complexity index is 1240. The van der Waals surface area contributed by atoms with Gasteiger partial charge in [0.15, 0.2) is 5.78 Å². The summed E-state index contributed by atoms with van der Waals surface area (Å²) in [4.78, 5) is 39.9. The second kappa shape index (κ2) is 10.3. The molecule has 7 nitrogen and oxygen atoms in total. The molecule has 1 aliphatic heterocycles. The summed E-state index contributed by atoms with van der Waals surface area (Å²) in [7, 11) is 0. The first-order valence-electron chi connectivity index (χ1n) is 12.4. The molecule has 5 rings (SSSR count). The van der Waals surface area contributed by atoms with Crippen molar-refractivity contribution in [2.45, 2.75) is 37.8 Å². The van der Waals surface area contributed by atoms with Crippen LogP contribution in [0.25, 0.3) is 0 Å². The van der Waals surface area contributed by atoms with E-state index in [1.54, 1.807) is 60.7 Å². The second-order valence-corrected chi connectivity index (χ2v) is 9.45. The predicted octanol–water partition coefficient (Wildman–Crippen LogP) is 4.02. The molecule has 2 fully saturated rings. The molecule has 0 aromatic heterocycles. The van der Waals surface area contributed by atoms with E-state index in [1.807, 2.05) is 12.1 Å². The lowest BCUT2D eigenvalue weighted by molar-refractivity contribution is 0.0948. The highest BCUT2D eigenvalue weighted by atomic mass is 16.3. The summed E-state index contributed by atoms with van der Waals surface area (Å²) in [5, 5.41) is 15.5. The summed E-state index contributed by atoms with van der Waals surface area (Å²) in [6.45, 7) is 1.61. The third-order valence-electron chi connectivity index (χ3n) is 6.69. The van der Waals surface area contributed by atoms with Gasteiger partial charge in [0.2, 0.25) is 0 Å². The predicted molar refractivity (Wildman–Crippen MR) is 139 cm³/mol. The SMILES string of the molecule is O=C(Nc1ccc(C(=O)c2ccc(C(=O)NC3CC3)cc2)cc1)c1ccc(N2CCC(O)CC2)cc1. The van der Waals surface area contributed by atoms with Gasteiger partial charge in [0, 0.05) is 52.8 Å². The second-order valence-electron chi connectivity index (χ2n) is 9.45. The number of carbonyl (C=O) groups is 3. The molecule has 1 saturated carbocycles. The lowest BCUT2D eigenvalue weighted by Crippen LogP contribution is -2.35. The Labute approximate surface area is 210 Å². The van der Waals surface area contributed by atoms with Gasteiger partial charge in [0.25, 0.3) is 11.8 Å². The number of carbonyl (C=O) groups excluding carboxylic acids is 3. The average Bonchev–Trinajstić information content (AvgIpc) is 3.73. The normalized spacial score (nSPS) is 15.9. The van der Waals surface area contributed by atoms with Crippen LogP contribution in [0.1, 0.15) is 62.3 Å². The fraction of sp³-hybridized carbons (Fsp3) is 0.276. The zero-order valence-corrected chi connectivity index (χ0v) is 19.9. The van der Waals surface area contributed by atoms with E-state index in [9.17, 15) is 19.5 Å². The van der Waals surface area contributed by atoms with Crippen molar-refractivity contribution < 1.29 is 19.5 Å². The first-order chi connectivity index (χ1) is 17.5. The topological polar surface area (TPSA) is 98.7 Å². The minimum atomic E-state index is -0.227. The standard InChI is InChI=1S/C29H29N3O4/c33-26-15-17-32(18-16-26)25-13-7-22(8-14-25)29(36)30-23-9-5-20(6-10-23)27(34)19-1-3-21(4-2-19)28(35)31-24-11-12-24/h1-10,13-14,24,26,33H,11-12,15-18H2,(H,30,36)(H,31,35). The van der Waals surface area contributed by atoms with E-state index in [4.69, 9.17) is 0 Å². The Kier molecular flexibility index (Phi) is 6.82. The number of nitrogens with zero attached hydrogens (tertiary/aromatic N) is 1. The molecule has 1 saturated heterocycles. The van der Waals surface area contributed by atoms with Gasteiger partial charge in [-0.3, -0.25) is 14.4 Å². The van der Waals surface area contributed by atoms with Crippen molar-refractivity contribution in [1.29, 1.82) is 0 Å². The third kappa shape index (κ3) is 5.63. The molecule has 1 heterocycles. The number of rotatable bonds is 7. The Morgan fingerprint density at radius 1 is 0.667 bits per heavy atom. The van der Waals surface area contributed by atoms with Crippen LogP contribution in [0.4, 0.5) is 11.4 Å². The molecule has 2 amide bonds. The lowest BCUT2D eigenvalue weighted by Gasteiger charge is -2.31. The van der Waals surface area contributed by atoms with Gasteiger partial charge >= 0.3 is 0 Å². The van der Waals surface area contributed by atoms with Gasteiger partial charge < -0.3 is 20.6 Å². The molecule has 3 aromatic rings. The average molecular weight is 484 g/mol. The van der Waals surface area contributed by atoms with Crippen LogP contribution >= 0.6 is 0 Å². The van der Waals surface area contributed by atoms with Crippen LogP contribution in [0.5, 0.6) is 0 Å². The lowest BCUT2D eigenvalue weighted by atomic mass is 10.0. The van der Waals surface area contributed by atoms with E-state index < -0.39 is 0 Å². The number of aliphatic hydroxyl groups excluding tert-OH is 1. The molecule has 0 spiro atoms. The zero-order valence-electron chi connectivity index (χ0n) is 19.9. The van der Waals surface area contributed by atoms with Crippen LogP contribution in [-0.4, -0.2) is 47.9 Å². The number of piperidine rings is 1. The smallest absolute Gasteiger partial charge is 0.255 e. The summed E-state index contributed by atoms with van der Waals surface area (Å²) >= 11 is 0. The minimum Gasteiger partial charge on any atom is -0.393 e. The maximum atomic E-state index is 12.8. The van der Waals surface area contributed by atoms with Crippen LogP contribution < -0.4 is 15.5 Å². The van der Waals surface area contributed by atoms with Crippen LogP contribution in [0.15, 0.2) is 72.8 Å². The first-order valence-corrected chi connectivity index (χ1v) is 12.4. The molecule has 184 valence electrons. The number of anilines is 2. The maximum absolute atomic E-state index is 12.8. The Hall–Kier alpha value is -3.97. The molecule has 0 unspecified atom stereocenters. The molecule has 0 bridgehead atoms. The highest BCUT2D eigenvalue weighted by Crippen LogP contribution is 2.22. The summed E-state index contributed by atoms with van der Waals surface area (Å²) in [6, 6.07) is 21.1. The van der Waals surface area contributed by atoms with E-state index in [2.05, 4.69) is 15.5 Å². The molecule has 0 atom stereocenters. The Morgan fingerprint density at radius 2 is 1.17 bits per heavy atom. The first kappa shape index (κ1) is 23.8. The monoisotopic (exact) mass is 483 g/mol. The molecule has 1 aliphatic carbocycles. The summed E-state index contributed by atoms with van der Waals surface area (Å²) in [5.74, 6) is -0.491. The quantitative estimate of drug-likeness (QED) is 0.441. The van der Waals surface area contributed by atoms with Crippen LogP contribution in [0, 0.1) is 0 Å². The number of hydrogen-bond acceptors (Lipinski definition) is 5. The maximum Gasteiger partial charge on any atom is 0.255 e.